The van der Waals surface area contributed by atoms with Crippen LogP contribution in [-0.2, 0) is 0 Å². The molecule has 1 aromatic rings. The first-order valence-corrected chi connectivity index (χ1v) is 6.61. The van der Waals surface area contributed by atoms with E-state index in [-0.39, 0.29) is 5.54 Å². The van der Waals surface area contributed by atoms with Crippen LogP contribution in [0.1, 0.15) is 33.6 Å². The van der Waals surface area contributed by atoms with Crippen LogP contribution in [0.15, 0.2) is 24.3 Å². The molecule has 1 aromatic carbocycles. The van der Waals surface area contributed by atoms with E-state index in [0.29, 0.717) is 12.5 Å². The maximum Gasteiger partial charge on any atom is 0.120 e. The van der Waals surface area contributed by atoms with E-state index in [1.807, 2.05) is 24.3 Å². The van der Waals surface area contributed by atoms with Crippen molar-refractivity contribution in [3.63, 3.8) is 0 Å². The van der Waals surface area contributed by atoms with Crippen LogP contribution in [0.4, 0.5) is 5.69 Å². The summed E-state index contributed by atoms with van der Waals surface area (Å²) in [5, 5.41) is 3.53. The van der Waals surface area contributed by atoms with Crippen LogP contribution < -0.4 is 15.8 Å². The van der Waals surface area contributed by atoms with Crippen LogP contribution in [0.25, 0.3) is 0 Å². The molecule has 0 fully saturated rings. The van der Waals surface area contributed by atoms with Gasteiger partial charge in [-0.15, -0.1) is 0 Å². The van der Waals surface area contributed by atoms with Crippen molar-refractivity contribution in [2.24, 2.45) is 11.7 Å². The second-order valence-electron chi connectivity index (χ2n) is 5.55. The normalized spacial score (nSPS) is 14.3. The molecule has 1 atom stereocenters. The van der Waals surface area contributed by atoms with E-state index in [2.05, 4.69) is 26.1 Å². The minimum atomic E-state index is -0.0589. The van der Waals surface area contributed by atoms with Crippen LogP contribution in [0.2, 0.25) is 0 Å². The lowest BCUT2D eigenvalue weighted by Crippen LogP contribution is -2.42. The zero-order chi connectivity index (χ0) is 13.6. The molecule has 0 saturated heterocycles. The fourth-order valence-corrected chi connectivity index (χ4v) is 1.87. The number of ether oxygens (including phenoxy) is 1. The van der Waals surface area contributed by atoms with E-state index in [0.717, 1.165) is 17.9 Å². The number of nitrogens with two attached hydrogens (primary N) is 1. The number of hydrogen-bond donors (Lipinski definition) is 2. The lowest BCUT2D eigenvalue weighted by atomic mass is 9.91. The summed E-state index contributed by atoms with van der Waals surface area (Å²) in [6.07, 6.45) is 2.24. The van der Waals surface area contributed by atoms with Gasteiger partial charge in [0.25, 0.3) is 0 Å². The Morgan fingerprint density at radius 2 is 2.11 bits per heavy atom. The zero-order valence-corrected chi connectivity index (χ0v) is 12.0. The standard InChI is InChI=1S/C15H26N2O/c1-12(2)8-9-15(3,11-16)17-13-6-5-7-14(10-13)18-4/h5-7,10,12,17H,8-9,11,16H2,1-4H3. The summed E-state index contributed by atoms with van der Waals surface area (Å²) in [6.45, 7) is 7.27. The highest BCUT2D eigenvalue weighted by atomic mass is 16.5. The summed E-state index contributed by atoms with van der Waals surface area (Å²) in [4.78, 5) is 0. The average molecular weight is 250 g/mol. The van der Waals surface area contributed by atoms with E-state index >= 15 is 0 Å². The number of anilines is 1. The van der Waals surface area contributed by atoms with Gasteiger partial charge in [0.2, 0.25) is 0 Å². The largest absolute Gasteiger partial charge is 0.497 e. The number of methoxy groups -OCH3 is 1. The molecule has 1 rings (SSSR count). The molecule has 0 bridgehead atoms. The Bertz CT molecular complexity index is 365. The van der Waals surface area contributed by atoms with Gasteiger partial charge in [-0.1, -0.05) is 19.9 Å². The molecule has 0 saturated carbocycles. The van der Waals surface area contributed by atoms with Gasteiger partial charge in [-0.2, -0.15) is 0 Å². The highest BCUT2D eigenvalue weighted by Gasteiger charge is 2.22. The number of hydrogen-bond acceptors (Lipinski definition) is 3. The molecule has 1 unspecified atom stereocenters. The van der Waals surface area contributed by atoms with Crippen LogP contribution in [0.3, 0.4) is 0 Å². The number of nitrogens with one attached hydrogen (secondary N) is 1. The third-order valence-corrected chi connectivity index (χ3v) is 3.24. The Morgan fingerprint density at radius 3 is 2.67 bits per heavy atom. The SMILES string of the molecule is COc1cccc(NC(C)(CN)CCC(C)C)c1. The van der Waals surface area contributed by atoms with E-state index in [9.17, 15) is 0 Å². The summed E-state index contributed by atoms with van der Waals surface area (Å²) in [7, 11) is 1.68. The molecule has 3 heteroatoms. The lowest BCUT2D eigenvalue weighted by Gasteiger charge is -2.31. The molecule has 18 heavy (non-hydrogen) atoms. The molecule has 0 heterocycles. The molecule has 3 N–H and O–H groups in total. The van der Waals surface area contributed by atoms with Gasteiger partial charge in [-0.05, 0) is 37.8 Å². The lowest BCUT2D eigenvalue weighted by molar-refractivity contribution is 0.412. The zero-order valence-electron chi connectivity index (χ0n) is 12.0. The summed E-state index contributed by atoms with van der Waals surface area (Å²) in [5.74, 6) is 1.56. The Labute approximate surface area is 111 Å². The molecular formula is C15H26N2O. The van der Waals surface area contributed by atoms with Gasteiger partial charge in [0.15, 0.2) is 0 Å². The first-order valence-electron chi connectivity index (χ1n) is 6.61. The summed E-state index contributed by atoms with van der Waals surface area (Å²) in [5.41, 5.74) is 6.92. The molecule has 0 aliphatic rings. The average Bonchev–Trinajstić information content (AvgIpc) is 2.36. The third-order valence-electron chi connectivity index (χ3n) is 3.24. The predicted molar refractivity (Wildman–Crippen MR) is 78.1 cm³/mol. The monoisotopic (exact) mass is 250 g/mol. The first kappa shape index (κ1) is 14.8. The van der Waals surface area contributed by atoms with Crippen molar-refractivity contribution >= 4 is 5.69 Å². The van der Waals surface area contributed by atoms with Crippen molar-refractivity contribution in [2.75, 3.05) is 19.0 Å². The van der Waals surface area contributed by atoms with Crippen molar-refractivity contribution in [1.82, 2.24) is 0 Å². The number of rotatable bonds is 7. The van der Waals surface area contributed by atoms with Gasteiger partial charge in [0.1, 0.15) is 5.75 Å². The van der Waals surface area contributed by atoms with Crippen molar-refractivity contribution in [2.45, 2.75) is 39.2 Å². The van der Waals surface area contributed by atoms with Crippen LogP contribution >= 0.6 is 0 Å². The summed E-state index contributed by atoms with van der Waals surface area (Å²) in [6, 6.07) is 7.98. The smallest absolute Gasteiger partial charge is 0.120 e. The van der Waals surface area contributed by atoms with Gasteiger partial charge >= 0.3 is 0 Å². The van der Waals surface area contributed by atoms with Crippen molar-refractivity contribution < 1.29 is 4.74 Å². The van der Waals surface area contributed by atoms with Crippen LogP contribution in [0.5, 0.6) is 5.75 Å². The van der Waals surface area contributed by atoms with E-state index in [1.165, 1.54) is 6.42 Å². The fraction of sp³-hybridized carbons (Fsp3) is 0.600. The molecule has 0 amide bonds. The van der Waals surface area contributed by atoms with Gasteiger partial charge in [0.05, 0.1) is 7.11 Å². The van der Waals surface area contributed by atoms with Crippen LogP contribution in [-0.4, -0.2) is 19.2 Å². The molecule has 0 spiro atoms. The van der Waals surface area contributed by atoms with Crippen molar-refractivity contribution in [3.8, 4) is 5.75 Å². The van der Waals surface area contributed by atoms with E-state index in [1.54, 1.807) is 7.11 Å². The van der Waals surface area contributed by atoms with Gasteiger partial charge in [-0.25, -0.2) is 0 Å². The second-order valence-corrected chi connectivity index (χ2v) is 5.55. The van der Waals surface area contributed by atoms with Gasteiger partial charge in [0, 0.05) is 23.8 Å². The first-order chi connectivity index (χ1) is 8.49. The number of benzene rings is 1. The van der Waals surface area contributed by atoms with Crippen LogP contribution in [0, 0.1) is 5.92 Å². The molecule has 3 nitrogen and oxygen atoms in total. The Balaban J connectivity index is 2.71. The maximum atomic E-state index is 5.92. The molecule has 0 aromatic heterocycles. The quantitative estimate of drug-likeness (QED) is 0.781. The Kier molecular flexibility index (Phi) is 5.48. The highest BCUT2D eigenvalue weighted by molar-refractivity contribution is 5.50. The van der Waals surface area contributed by atoms with Gasteiger partial charge < -0.3 is 15.8 Å². The van der Waals surface area contributed by atoms with Crippen molar-refractivity contribution in [3.05, 3.63) is 24.3 Å². The molecule has 102 valence electrons. The maximum absolute atomic E-state index is 5.92. The minimum Gasteiger partial charge on any atom is -0.497 e. The van der Waals surface area contributed by atoms with Gasteiger partial charge in [-0.3, -0.25) is 0 Å². The minimum absolute atomic E-state index is 0.0589. The van der Waals surface area contributed by atoms with E-state index < -0.39 is 0 Å². The third kappa shape index (κ3) is 4.57. The highest BCUT2D eigenvalue weighted by Crippen LogP contribution is 2.24. The summed E-state index contributed by atoms with van der Waals surface area (Å²) < 4.78 is 5.23. The predicted octanol–water partition coefficient (Wildman–Crippen LogP) is 3.26. The van der Waals surface area contributed by atoms with E-state index in [4.69, 9.17) is 10.5 Å². The summed E-state index contributed by atoms with van der Waals surface area (Å²) >= 11 is 0. The molecular weight excluding hydrogens is 224 g/mol. The Morgan fingerprint density at radius 1 is 1.39 bits per heavy atom. The fourth-order valence-electron chi connectivity index (χ4n) is 1.87. The topological polar surface area (TPSA) is 47.3 Å². The van der Waals surface area contributed by atoms with Crippen molar-refractivity contribution in [1.29, 1.82) is 0 Å². The molecule has 0 aliphatic carbocycles. The molecule has 0 aliphatic heterocycles. The second kappa shape index (κ2) is 6.64. The Hall–Kier alpha value is -1.22. The molecule has 0 radical (unpaired) electrons.